The van der Waals surface area contributed by atoms with Crippen molar-refractivity contribution < 1.29 is 9.21 Å². The van der Waals surface area contributed by atoms with Gasteiger partial charge in [-0.25, -0.2) is 4.68 Å². The molecule has 164 valence electrons. The molecule has 2 aromatic carbocycles. The van der Waals surface area contributed by atoms with Gasteiger partial charge < -0.3 is 14.2 Å². The summed E-state index contributed by atoms with van der Waals surface area (Å²) in [6.07, 6.45) is 5.42. The molecule has 2 aromatic heterocycles. The standard InChI is InChI=1S/C25H24N4O2.ClH/c1-27-13-15-28(16-14-27)24(30)12-11-20-18-29(21-8-3-2-4-9-21)26-25(20)23-17-19-7-5-6-10-22(19)31-23;/h2-12,17-18H,13-16H2,1H3;1H/b12-11+;. The van der Waals surface area contributed by atoms with Gasteiger partial charge >= 0.3 is 0 Å². The molecule has 5 rings (SSSR count). The van der Waals surface area contributed by atoms with Gasteiger partial charge in [0.25, 0.3) is 0 Å². The first-order valence-electron chi connectivity index (χ1n) is 10.5. The summed E-state index contributed by atoms with van der Waals surface area (Å²) in [4.78, 5) is 16.8. The molecule has 1 amide bonds. The van der Waals surface area contributed by atoms with Crippen LogP contribution in [0, 0.1) is 0 Å². The van der Waals surface area contributed by atoms with Gasteiger partial charge in [0.15, 0.2) is 5.76 Å². The van der Waals surface area contributed by atoms with Crippen LogP contribution in [-0.2, 0) is 4.79 Å². The van der Waals surface area contributed by atoms with Gasteiger partial charge in [-0.3, -0.25) is 4.79 Å². The number of rotatable bonds is 4. The molecule has 0 saturated carbocycles. The number of nitrogens with zero attached hydrogens (tertiary/aromatic N) is 4. The molecule has 1 aliphatic rings. The summed E-state index contributed by atoms with van der Waals surface area (Å²) in [6.45, 7) is 3.30. The highest BCUT2D eigenvalue weighted by atomic mass is 35.5. The lowest BCUT2D eigenvalue weighted by molar-refractivity contribution is -0.127. The highest BCUT2D eigenvalue weighted by Gasteiger charge is 2.18. The molecule has 3 heterocycles. The largest absolute Gasteiger partial charge is 0.454 e. The van der Waals surface area contributed by atoms with Gasteiger partial charge in [-0.15, -0.1) is 12.4 Å². The Morgan fingerprint density at radius 3 is 2.47 bits per heavy atom. The zero-order chi connectivity index (χ0) is 21.2. The maximum atomic E-state index is 12.7. The molecule has 6 nitrogen and oxygen atoms in total. The Morgan fingerprint density at radius 1 is 1.00 bits per heavy atom. The van der Waals surface area contributed by atoms with Crippen LogP contribution in [0.1, 0.15) is 5.56 Å². The van der Waals surface area contributed by atoms with Crippen LogP contribution in [0.5, 0.6) is 0 Å². The molecule has 4 aromatic rings. The van der Waals surface area contributed by atoms with Crippen molar-refractivity contribution in [3.63, 3.8) is 0 Å². The maximum absolute atomic E-state index is 12.7. The summed E-state index contributed by atoms with van der Waals surface area (Å²) < 4.78 is 7.89. The summed E-state index contributed by atoms with van der Waals surface area (Å²) in [5.74, 6) is 0.707. The maximum Gasteiger partial charge on any atom is 0.246 e. The number of fused-ring (bicyclic) bond motifs is 1. The number of likely N-dealkylation sites (N-methyl/N-ethyl adjacent to an activating group) is 1. The van der Waals surface area contributed by atoms with E-state index in [0.29, 0.717) is 11.5 Å². The second kappa shape index (κ2) is 9.42. The Kier molecular flexibility index (Phi) is 6.44. The average Bonchev–Trinajstić information content (AvgIpc) is 3.42. The van der Waals surface area contributed by atoms with Gasteiger partial charge in [-0.05, 0) is 37.4 Å². The van der Waals surface area contributed by atoms with Crippen LogP contribution in [0.25, 0.3) is 34.2 Å². The zero-order valence-corrected chi connectivity index (χ0v) is 18.7. The molecule has 0 unspecified atom stereocenters. The number of furan rings is 1. The number of piperazine rings is 1. The first-order chi connectivity index (χ1) is 15.2. The van der Waals surface area contributed by atoms with Crippen LogP contribution < -0.4 is 0 Å². The van der Waals surface area contributed by atoms with E-state index in [-0.39, 0.29) is 18.3 Å². The quantitative estimate of drug-likeness (QED) is 0.431. The van der Waals surface area contributed by atoms with Gasteiger partial charge in [0.1, 0.15) is 11.3 Å². The number of hydrogen-bond donors (Lipinski definition) is 0. The Morgan fingerprint density at radius 2 is 1.72 bits per heavy atom. The Bertz CT molecular complexity index is 1200. The van der Waals surface area contributed by atoms with Crippen molar-refractivity contribution in [1.29, 1.82) is 0 Å². The van der Waals surface area contributed by atoms with Crippen LogP contribution in [0.15, 0.2) is 77.4 Å². The predicted octanol–water partition coefficient (Wildman–Crippen LogP) is 4.49. The van der Waals surface area contributed by atoms with E-state index in [1.165, 1.54) is 0 Å². The smallest absolute Gasteiger partial charge is 0.246 e. The number of carbonyl (C=O) groups is 1. The first kappa shape index (κ1) is 21.9. The fourth-order valence-corrected chi connectivity index (χ4v) is 3.81. The molecule has 0 bridgehead atoms. The second-order valence-electron chi connectivity index (χ2n) is 7.82. The molecular formula is C25H25ClN4O2. The van der Waals surface area contributed by atoms with Crippen molar-refractivity contribution in [1.82, 2.24) is 19.6 Å². The van der Waals surface area contributed by atoms with E-state index in [2.05, 4.69) is 11.9 Å². The second-order valence-corrected chi connectivity index (χ2v) is 7.82. The highest BCUT2D eigenvalue weighted by molar-refractivity contribution is 5.93. The minimum atomic E-state index is 0. The van der Waals surface area contributed by atoms with Crippen LogP contribution in [-0.4, -0.2) is 58.7 Å². The Labute approximate surface area is 193 Å². The lowest BCUT2D eigenvalue weighted by Crippen LogP contribution is -2.46. The Hall–Kier alpha value is -3.35. The number of aromatic nitrogens is 2. The fourth-order valence-electron chi connectivity index (χ4n) is 3.81. The van der Waals surface area contributed by atoms with E-state index in [1.54, 1.807) is 6.08 Å². The summed E-state index contributed by atoms with van der Waals surface area (Å²) in [6, 6.07) is 19.8. The lowest BCUT2D eigenvalue weighted by Gasteiger charge is -2.31. The molecule has 0 aliphatic carbocycles. The van der Waals surface area contributed by atoms with Crippen LogP contribution in [0.4, 0.5) is 0 Å². The Balaban J connectivity index is 0.00000245. The van der Waals surface area contributed by atoms with Crippen molar-refractivity contribution in [2.45, 2.75) is 0 Å². The van der Waals surface area contributed by atoms with E-state index in [4.69, 9.17) is 9.52 Å². The number of halogens is 1. The average molecular weight is 449 g/mol. The van der Waals surface area contributed by atoms with Gasteiger partial charge in [0.05, 0.1) is 5.69 Å². The number of benzene rings is 2. The van der Waals surface area contributed by atoms with Gasteiger partial charge in [-0.2, -0.15) is 5.10 Å². The molecule has 0 atom stereocenters. The third kappa shape index (κ3) is 4.47. The van der Waals surface area contributed by atoms with Crippen LogP contribution in [0.2, 0.25) is 0 Å². The molecule has 0 N–H and O–H groups in total. The molecular weight excluding hydrogens is 424 g/mol. The fraction of sp³-hybridized carbons (Fsp3) is 0.200. The normalized spacial score (nSPS) is 14.7. The molecule has 1 fully saturated rings. The molecule has 32 heavy (non-hydrogen) atoms. The van der Waals surface area contributed by atoms with Crippen molar-refractivity contribution in [2.24, 2.45) is 0 Å². The van der Waals surface area contributed by atoms with E-state index in [0.717, 1.165) is 48.4 Å². The monoisotopic (exact) mass is 448 g/mol. The highest BCUT2D eigenvalue weighted by Crippen LogP contribution is 2.30. The predicted molar refractivity (Wildman–Crippen MR) is 129 cm³/mol. The number of amides is 1. The minimum absolute atomic E-state index is 0. The van der Waals surface area contributed by atoms with Gasteiger partial charge in [-0.1, -0.05) is 36.4 Å². The van der Waals surface area contributed by atoms with Crippen LogP contribution >= 0.6 is 12.4 Å². The van der Waals surface area contributed by atoms with E-state index >= 15 is 0 Å². The van der Waals surface area contributed by atoms with Gasteiger partial charge in [0, 0.05) is 49.4 Å². The third-order valence-electron chi connectivity index (χ3n) is 5.64. The van der Waals surface area contributed by atoms with Crippen molar-refractivity contribution in [3.8, 4) is 17.1 Å². The topological polar surface area (TPSA) is 54.5 Å². The number of hydrogen-bond acceptors (Lipinski definition) is 4. The van der Waals surface area contributed by atoms with Crippen molar-refractivity contribution in [2.75, 3.05) is 33.2 Å². The lowest BCUT2D eigenvalue weighted by atomic mass is 10.1. The van der Waals surface area contributed by atoms with E-state index in [9.17, 15) is 4.79 Å². The minimum Gasteiger partial charge on any atom is -0.454 e. The summed E-state index contributed by atoms with van der Waals surface area (Å²) in [5, 5.41) is 5.81. The number of para-hydroxylation sites is 2. The molecule has 0 radical (unpaired) electrons. The molecule has 1 saturated heterocycles. The number of carbonyl (C=O) groups excluding carboxylic acids is 1. The molecule has 1 aliphatic heterocycles. The van der Waals surface area contributed by atoms with E-state index in [1.807, 2.05) is 82.5 Å². The van der Waals surface area contributed by atoms with Gasteiger partial charge in [0.2, 0.25) is 5.91 Å². The zero-order valence-electron chi connectivity index (χ0n) is 17.8. The first-order valence-corrected chi connectivity index (χ1v) is 10.5. The summed E-state index contributed by atoms with van der Waals surface area (Å²) >= 11 is 0. The van der Waals surface area contributed by atoms with Crippen molar-refractivity contribution >= 4 is 35.4 Å². The SMILES string of the molecule is CN1CCN(C(=O)/C=C/c2cn(-c3ccccc3)nc2-c2cc3ccccc3o2)CC1.Cl. The molecule has 0 spiro atoms. The van der Waals surface area contributed by atoms with E-state index < -0.39 is 0 Å². The summed E-state index contributed by atoms with van der Waals surface area (Å²) in [7, 11) is 2.08. The van der Waals surface area contributed by atoms with Crippen LogP contribution in [0.3, 0.4) is 0 Å². The molecule has 7 heteroatoms. The third-order valence-corrected chi connectivity index (χ3v) is 5.64. The summed E-state index contributed by atoms with van der Waals surface area (Å²) in [5.41, 5.74) is 3.31. The van der Waals surface area contributed by atoms with Crippen molar-refractivity contribution in [3.05, 3.63) is 78.5 Å².